The summed E-state index contributed by atoms with van der Waals surface area (Å²) in [6.45, 7) is 0.374. The predicted octanol–water partition coefficient (Wildman–Crippen LogP) is -0.325. The average molecular weight is 314 g/mol. The summed E-state index contributed by atoms with van der Waals surface area (Å²) in [5, 5.41) is 0. The lowest BCUT2D eigenvalue weighted by Crippen LogP contribution is -2.22. The number of aromatic nitrogens is 4. The molecule has 1 aliphatic rings. The Morgan fingerprint density at radius 3 is 2.71 bits per heavy atom. The van der Waals surface area contributed by atoms with Gasteiger partial charge < -0.3 is 30.6 Å². The third-order valence-corrected chi connectivity index (χ3v) is 3.78. The molecule has 2 aromatic heterocycles. The summed E-state index contributed by atoms with van der Waals surface area (Å²) in [4.78, 5) is 29.8. The first kappa shape index (κ1) is 14.2. The van der Waals surface area contributed by atoms with E-state index in [9.17, 15) is 4.57 Å². The molecule has 2 heterocycles. The topological polar surface area (TPSA) is 162 Å². The molecule has 1 fully saturated rings. The van der Waals surface area contributed by atoms with Gasteiger partial charge in [0.2, 0.25) is 5.95 Å². The number of rotatable bonds is 5. The van der Waals surface area contributed by atoms with E-state index in [-0.39, 0.29) is 11.8 Å². The maximum Gasteiger partial charge on any atom is 0.351 e. The van der Waals surface area contributed by atoms with E-state index >= 15 is 0 Å². The Hall–Kier alpha value is -1.74. The molecule has 1 saturated carbocycles. The van der Waals surface area contributed by atoms with Crippen LogP contribution in [0.1, 0.15) is 12.8 Å². The summed E-state index contributed by atoms with van der Waals surface area (Å²) < 4.78 is 18.0. The van der Waals surface area contributed by atoms with Gasteiger partial charge in [-0.25, -0.2) is 4.98 Å². The first-order valence-electron chi connectivity index (χ1n) is 6.20. The molecule has 114 valence electrons. The highest BCUT2D eigenvalue weighted by Gasteiger charge is 2.46. The van der Waals surface area contributed by atoms with Crippen molar-refractivity contribution in [2.45, 2.75) is 25.0 Å². The monoisotopic (exact) mass is 314 g/mol. The van der Waals surface area contributed by atoms with Crippen LogP contribution in [0.5, 0.6) is 0 Å². The lowest BCUT2D eigenvalue weighted by Gasteiger charge is -2.17. The zero-order chi connectivity index (χ0) is 15.3. The van der Waals surface area contributed by atoms with Crippen molar-refractivity contribution in [3.8, 4) is 0 Å². The van der Waals surface area contributed by atoms with Crippen LogP contribution in [0.3, 0.4) is 0 Å². The summed E-state index contributed by atoms with van der Waals surface area (Å²) in [6, 6.07) is 0. The molecule has 2 aromatic rings. The quantitative estimate of drug-likeness (QED) is 0.541. The second-order valence-electron chi connectivity index (χ2n) is 5.13. The van der Waals surface area contributed by atoms with Crippen molar-refractivity contribution < 1.29 is 19.1 Å². The van der Waals surface area contributed by atoms with Gasteiger partial charge >= 0.3 is 7.60 Å². The minimum absolute atomic E-state index is 0.0442. The lowest BCUT2D eigenvalue weighted by atomic mass is 10.3. The van der Waals surface area contributed by atoms with E-state index < -0.39 is 19.5 Å². The number of hydrogen-bond donors (Lipinski definition) is 4. The van der Waals surface area contributed by atoms with Gasteiger partial charge in [-0.1, -0.05) is 0 Å². The second-order valence-corrected chi connectivity index (χ2v) is 6.72. The molecule has 1 aliphatic carbocycles. The normalized spacial score (nSPS) is 17.2. The molecular formula is C10H15N6O4P. The molecule has 21 heavy (non-hydrogen) atoms. The van der Waals surface area contributed by atoms with Crippen LogP contribution < -0.4 is 11.5 Å². The SMILES string of the molecule is Nc1nc(N)c2ncn(CC3(OCP(=O)(O)O)CC3)c2n1. The fraction of sp³-hybridized carbons (Fsp3) is 0.500. The average Bonchev–Trinajstić information content (AvgIpc) is 3.02. The Morgan fingerprint density at radius 1 is 1.38 bits per heavy atom. The smallest absolute Gasteiger partial charge is 0.351 e. The van der Waals surface area contributed by atoms with Crippen LogP contribution >= 0.6 is 7.60 Å². The first-order valence-corrected chi connectivity index (χ1v) is 8.00. The van der Waals surface area contributed by atoms with Crippen LogP contribution in [0.2, 0.25) is 0 Å². The molecule has 0 aromatic carbocycles. The van der Waals surface area contributed by atoms with Gasteiger partial charge in [0.05, 0.1) is 18.5 Å². The molecule has 6 N–H and O–H groups in total. The fourth-order valence-corrected chi connectivity index (χ4v) is 2.56. The molecule has 0 spiro atoms. The number of nitrogens with two attached hydrogens (primary N) is 2. The van der Waals surface area contributed by atoms with E-state index in [2.05, 4.69) is 15.0 Å². The van der Waals surface area contributed by atoms with E-state index in [1.807, 2.05) is 0 Å². The minimum atomic E-state index is -4.19. The number of nitrogen functional groups attached to an aromatic ring is 2. The molecule has 3 rings (SSSR count). The summed E-state index contributed by atoms with van der Waals surface area (Å²) in [5.41, 5.74) is 11.6. The van der Waals surface area contributed by atoms with E-state index in [4.69, 9.17) is 26.0 Å². The second kappa shape index (κ2) is 4.63. The number of hydrogen-bond acceptors (Lipinski definition) is 7. The maximum atomic E-state index is 10.9. The highest BCUT2D eigenvalue weighted by molar-refractivity contribution is 7.51. The van der Waals surface area contributed by atoms with Gasteiger partial charge in [0.1, 0.15) is 11.9 Å². The number of imidazole rings is 1. The van der Waals surface area contributed by atoms with Crippen LogP contribution in [0.25, 0.3) is 11.2 Å². The van der Waals surface area contributed by atoms with Gasteiger partial charge in [-0.05, 0) is 12.8 Å². The highest BCUT2D eigenvalue weighted by atomic mass is 31.2. The molecular weight excluding hydrogens is 299 g/mol. The van der Waals surface area contributed by atoms with Gasteiger partial charge in [-0.2, -0.15) is 9.97 Å². The Labute approximate surface area is 119 Å². The number of ether oxygens (including phenoxy) is 1. The summed E-state index contributed by atoms with van der Waals surface area (Å²) >= 11 is 0. The number of nitrogens with zero attached hydrogens (tertiary/aromatic N) is 4. The Balaban J connectivity index is 1.84. The van der Waals surface area contributed by atoms with Gasteiger partial charge in [-0.15, -0.1) is 0 Å². The third-order valence-electron chi connectivity index (χ3n) is 3.31. The molecule has 0 aliphatic heterocycles. The predicted molar refractivity (Wildman–Crippen MR) is 74.1 cm³/mol. The Kier molecular flexibility index (Phi) is 3.14. The van der Waals surface area contributed by atoms with E-state index in [1.54, 1.807) is 4.57 Å². The minimum Gasteiger partial charge on any atom is -0.382 e. The summed E-state index contributed by atoms with van der Waals surface area (Å²) in [7, 11) is -4.19. The maximum absolute atomic E-state index is 10.9. The molecule has 10 nitrogen and oxygen atoms in total. The van der Waals surface area contributed by atoms with Crippen molar-refractivity contribution in [1.29, 1.82) is 0 Å². The molecule has 0 bridgehead atoms. The van der Waals surface area contributed by atoms with E-state index in [0.717, 1.165) is 0 Å². The molecule has 0 atom stereocenters. The van der Waals surface area contributed by atoms with Crippen molar-refractivity contribution in [3.63, 3.8) is 0 Å². The standard InChI is InChI=1S/C10H15N6O4P/c11-7-6-8(15-9(12)14-7)16(4-13-6)3-10(1-2-10)20-5-21(17,18)19/h4H,1-3,5H2,(H2,17,18,19)(H4,11,12,14,15). The van der Waals surface area contributed by atoms with Crippen LogP contribution in [0.4, 0.5) is 11.8 Å². The van der Waals surface area contributed by atoms with Crippen LogP contribution in [-0.4, -0.2) is 41.3 Å². The highest BCUT2D eigenvalue weighted by Crippen LogP contribution is 2.46. The van der Waals surface area contributed by atoms with E-state index in [0.29, 0.717) is 30.6 Å². The van der Waals surface area contributed by atoms with Crippen LogP contribution in [0.15, 0.2) is 6.33 Å². The van der Waals surface area contributed by atoms with Crippen LogP contribution in [-0.2, 0) is 15.8 Å². The first-order chi connectivity index (χ1) is 9.78. The largest absolute Gasteiger partial charge is 0.382 e. The van der Waals surface area contributed by atoms with Crippen molar-refractivity contribution in [1.82, 2.24) is 19.5 Å². The zero-order valence-corrected chi connectivity index (χ0v) is 11.9. The molecule has 0 saturated heterocycles. The molecule has 0 radical (unpaired) electrons. The lowest BCUT2D eigenvalue weighted by molar-refractivity contribution is 0.0417. The van der Waals surface area contributed by atoms with Gasteiger partial charge in [0.25, 0.3) is 0 Å². The fourth-order valence-electron chi connectivity index (χ4n) is 2.12. The molecule has 0 amide bonds. The van der Waals surface area contributed by atoms with Crippen molar-refractivity contribution in [2.75, 3.05) is 17.8 Å². The van der Waals surface area contributed by atoms with E-state index in [1.165, 1.54) is 6.33 Å². The van der Waals surface area contributed by atoms with Crippen LogP contribution in [0, 0.1) is 0 Å². The van der Waals surface area contributed by atoms with Gasteiger partial charge in [0, 0.05) is 0 Å². The Morgan fingerprint density at radius 2 is 2.10 bits per heavy atom. The molecule has 0 unspecified atom stereocenters. The zero-order valence-electron chi connectivity index (χ0n) is 11.0. The van der Waals surface area contributed by atoms with Crippen molar-refractivity contribution >= 4 is 30.5 Å². The summed E-state index contributed by atoms with van der Waals surface area (Å²) in [5.74, 6) is 0.236. The van der Waals surface area contributed by atoms with Crippen molar-refractivity contribution in [2.24, 2.45) is 0 Å². The van der Waals surface area contributed by atoms with Gasteiger partial charge in [-0.3, -0.25) is 4.57 Å². The number of anilines is 2. The molecule has 11 heteroatoms. The van der Waals surface area contributed by atoms with Gasteiger partial charge in [0.15, 0.2) is 11.5 Å². The van der Waals surface area contributed by atoms with Crippen molar-refractivity contribution in [3.05, 3.63) is 6.33 Å². The Bertz CT molecular complexity index is 736. The third kappa shape index (κ3) is 2.98. The summed E-state index contributed by atoms with van der Waals surface area (Å²) in [6.07, 6.45) is 2.36. The number of fused-ring (bicyclic) bond motifs is 1.